The van der Waals surface area contributed by atoms with Crippen molar-refractivity contribution in [3.63, 3.8) is 0 Å². The van der Waals surface area contributed by atoms with Crippen LogP contribution in [0, 0.1) is 0 Å². The molecule has 0 unspecified atom stereocenters. The van der Waals surface area contributed by atoms with Gasteiger partial charge in [-0.2, -0.15) is 30.6 Å². The van der Waals surface area contributed by atoms with Crippen molar-refractivity contribution in [3.8, 4) is 0 Å². The molecule has 0 radical (unpaired) electrons. The first kappa shape index (κ1) is 20.6. The van der Waals surface area contributed by atoms with Crippen LogP contribution in [0.1, 0.15) is 57.8 Å². The summed E-state index contributed by atoms with van der Waals surface area (Å²) in [4.78, 5) is 0. The van der Waals surface area contributed by atoms with Gasteiger partial charge in [-0.25, -0.2) is 0 Å². The van der Waals surface area contributed by atoms with Crippen molar-refractivity contribution in [1.82, 2.24) is 0 Å². The molecule has 0 aliphatic carbocycles. The summed E-state index contributed by atoms with van der Waals surface area (Å²) >= 11 is 0. The van der Waals surface area contributed by atoms with Crippen molar-refractivity contribution >= 4 is 37.3 Å². The van der Waals surface area contributed by atoms with E-state index in [2.05, 4.69) is 30.6 Å². The van der Waals surface area contributed by atoms with E-state index in [0.29, 0.717) is 0 Å². The van der Waals surface area contributed by atoms with Gasteiger partial charge in [-0.15, -0.1) is 0 Å². The quantitative estimate of drug-likeness (QED) is 0.221. The Morgan fingerprint density at radius 3 is 0.957 bits per heavy atom. The molecule has 8 heteroatoms. The van der Waals surface area contributed by atoms with Crippen molar-refractivity contribution in [2.75, 3.05) is 0 Å². The molecule has 0 fully saturated rings. The highest BCUT2D eigenvalue weighted by atomic mass is 15.2. The van der Waals surface area contributed by atoms with Crippen LogP contribution >= 0.6 is 0 Å². The lowest BCUT2D eigenvalue weighted by atomic mass is 10.2. The molecule has 128 valence electrons. The number of hydrogen-bond donors (Lipinski definition) is 2. The Hall–Kier alpha value is -2.38. The highest BCUT2D eigenvalue weighted by Gasteiger charge is 1.83. The zero-order chi connectivity index (χ0) is 16.8. The number of unbranched alkanes of at least 4 members (excludes halogenated alkanes) is 6. The zero-order valence-electron chi connectivity index (χ0n) is 13.7. The van der Waals surface area contributed by atoms with Gasteiger partial charge in [-0.1, -0.05) is 0 Å². The second kappa shape index (κ2) is 19.6. The van der Waals surface area contributed by atoms with E-state index in [4.69, 9.17) is 11.7 Å². The molecule has 23 heavy (non-hydrogen) atoms. The third-order valence-corrected chi connectivity index (χ3v) is 2.67. The number of nitrogens with zero attached hydrogens (tertiary/aromatic N) is 6. The maximum absolute atomic E-state index is 4.99. The van der Waals surface area contributed by atoms with E-state index >= 15 is 0 Å². The third kappa shape index (κ3) is 19.6. The minimum absolute atomic E-state index is 0.871. The predicted molar refractivity (Wildman–Crippen MR) is 101 cm³/mol. The Balaban J connectivity index is 3.39. The van der Waals surface area contributed by atoms with Gasteiger partial charge in [0.25, 0.3) is 0 Å². The summed E-state index contributed by atoms with van der Waals surface area (Å²) in [6.07, 6.45) is 18.8. The van der Waals surface area contributed by atoms with Gasteiger partial charge in [0.05, 0.1) is 0 Å². The zero-order valence-corrected chi connectivity index (χ0v) is 13.7. The summed E-state index contributed by atoms with van der Waals surface area (Å²) in [6.45, 7) is 0. The minimum Gasteiger partial charge on any atom is -0.324 e. The highest BCUT2D eigenvalue weighted by Crippen LogP contribution is 1.93. The largest absolute Gasteiger partial charge is 0.324 e. The molecule has 0 saturated heterocycles. The second-order valence-corrected chi connectivity index (χ2v) is 4.65. The molecule has 0 aromatic rings. The van der Waals surface area contributed by atoms with Gasteiger partial charge >= 0.3 is 0 Å². The SMILES string of the molecule is N/N=C/CCC/C=N/N=C/CCC/C=N/N=C/CCC/C=N/N. The van der Waals surface area contributed by atoms with Gasteiger partial charge in [-0.3, -0.25) is 0 Å². The van der Waals surface area contributed by atoms with Crippen LogP contribution in [-0.4, -0.2) is 37.3 Å². The summed E-state index contributed by atoms with van der Waals surface area (Å²) in [5.41, 5.74) is 0. The lowest BCUT2D eigenvalue weighted by Crippen LogP contribution is -1.84. The standard InChI is InChI=1S/C15H28N8/c16-18-10-4-1-6-12-20-22-14-8-3-9-15-23-21-13-7-2-5-11-19-17/h10-15H,1-9,16-17H2/b18-10+,19-11+,20-12+,21-13+,22-14+,23-15+. The summed E-state index contributed by atoms with van der Waals surface area (Å²) in [7, 11) is 0. The van der Waals surface area contributed by atoms with Crippen molar-refractivity contribution in [1.29, 1.82) is 0 Å². The third-order valence-electron chi connectivity index (χ3n) is 2.67. The second-order valence-electron chi connectivity index (χ2n) is 4.65. The molecule has 0 bridgehead atoms. The molecule has 0 aliphatic rings. The summed E-state index contributed by atoms with van der Waals surface area (Å²) in [5.74, 6) is 9.98. The number of rotatable bonds is 14. The van der Waals surface area contributed by atoms with Crippen LogP contribution in [0.4, 0.5) is 0 Å². The number of nitrogens with two attached hydrogens (primary N) is 2. The summed E-state index contributed by atoms with van der Waals surface area (Å²) in [5, 5.41) is 22.7. The van der Waals surface area contributed by atoms with Crippen LogP contribution < -0.4 is 11.7 Å². The molecule has 0 spiro atoms. The molecule has 4 N–H and O–H groups in total. The van der Waals surface area contributed by atoms with Gasteiger partial charge in [-0.05, 0) is 57.8 Å². The van der Waals surface area contributed by atoms with E-state index in [0.717, 1.165) is 57.8 Å². The predicted octanol–water partition coefficient (Wildman–Crippen LogP) is 2.50. The molecule has 0 heterocycles. The fraction of sp³-hybridized carbons (Fsp3) is 0.600. The Morgan fingerprint density at radius 1 is 0.435 bits per heavy atom. The van der Waals surface area contributed by atoms with Crippen LogP contribution in [0.15, 0.2) is 30.6 Å². The van der Waals surface area contributed by atoms with Crippen molar-refractivity contribution in [3.05, 3.63) is 0 Å². The first-order valence-electron chi connectivity index (χ1n) is 7.92. The van der Waals surface area contributed by atoms with E-state index in [9.17, 15) is 0 Å². The highest BCUT2D eigenvalue weighted by molar-refractivity contribution is 5.64. The average Bonchev–Trinajstić information content (AvgIpc) is 2.57. The summed E-state index contributed by atoms with van der Waals surface area (Å²) in [6, 6.07) is 0. The van der Waals surface area contributed by atoms with Gasteiger partial charge in [0.1, 0.15) is 0 Å². The lowest BCUT2D eigenvalue weighted by Gasteiger charge is -1.89. The Bertz CT molecular complexity index is 372. The number of hydrogen-bond acceptors (Lipinski definition) is 8. The molecule has 0 aliphatic heterocycles. The van der Waals surface area contributed by atoms with Crippen LogP contribution in [0.5, 0.6) is 0 Å². The topological polar surface area (TPSA) is 126 Å². The first-order valence-corrected chi connectivity index (χ1v) is 7.92. The van der Waals surface area contributed by atoms with Gasteiger partial charge in [0.2, 0.25) is 0 Å². The van der Waals surface area contributed by atoms with Crippen LogP contribution in [0.25, 0.3) is 0 Å². The van der Waals surface area contributed by atoms with Gasteiger partial charge in [0.15, 0.2) is 0 Å². The molecule has 8 nitrogen and oxygen atoms in total. The van der Waals surface area contributed by atoms with E-state index in [-0.39, 0.29) is 0 Å². The molecular formula is C15H28N8. The fourth-order valence-corrected chi connectivity index (χ4v) is 1.47. The number of hydrazone groups is 2. The Labute approximate surface area is 138 Å². The molecule has 0 atom stereocenters. The minimum atomic E-state index is 0.871. The van der Waals surface area contributed by atoms with Crippen LogP contribution in [0.3, 0.4) is 0 Å². The molecule has 0 rings (SSSR count). The summed E-state index contributed by atoms with van der Waals surface area (Å²) < 4.78 is 0. The van der Waals surface area contributed by atoms with E-state index in [1.807, 2.05) is 12.4 Å². The van der Waals surface area contributed by atoms with E-state index in [1.165, 1.54) is 0 Å². The monoisotopic (exact) mass is 320 g/mol. The molecular weight excluding hydrogens is 292 g/mol. The molecule has 0 amide bonds. The normalized spacial score (nSPS) is 13.2. The lowest BCUT2D eigenvalue weighted by molar-refractivity contribution is 0.924. The fourth-order valence-electron chi connectivity index (χ4n) is 1.47. The molecule has 0 aromatic heterocycles. The first-order chi connectivity index (χ1) is 11.4. The van der Waals surface area contributed by atoms with Crippen molar-refractivity contribution in [2.24, 2.45) is 42.3 Å². The van der Waals surface area contributed by atoms with E-state index < -0.39 is 0 Å². The maximum Gasteiger partial charge on any atom is 0.0270 e. The van der Waals surface area contributed by atoms with Crippen LogP contribution in [-0.2, 0) is 0 Å². The van der Waals surface area contributed by atoms with Crippen molar-refractivity contribution in [2.45, 2.75) is 57.8 Å². The maximum atomic E-state index is 4.99. The van der Waals surface area contributed by atoms with Gasteiger partial charge < -0.3 is 11.7 Å². The smallest absolute Gasteiger partial charge is 0.0270 e. The van der Waals surface area contributed by atoms with E-state index in [1.54, 1.807) is 24.9 Å². The Morgan fingerprint density at radius 2 is 0.696 bits per heavy atom. The molecule has 0 aromatic carbocycles. The van der Waals surface area contributed by atoms with Crippen LogP contribution in [0.2, 0.25) is 0 Å². The average molecular weight is 320 g/mol. The molecule has 0 saturated carbocycles. The van der Waals surface area contributed by atoms with Crippen molar-refractivity contribution < 1.29 is 0 Å². The van der Waals surface area contributed by atoms with Gasteiger partial charge in [0, 0.05) is 37.3 Å². The Kier molecular flexibility index (Phi) is 17.6.